The van der Waals surface area contributed by atoms with E-state index in [1.165, 1.54) is 16.7 Å². The minimum absolute atomic E-state index is 0.530. The molecule has 3 aromatic carbocycles. The smallest absolute Gasteiger partial charge is 0.161 e. The van der Waals surface area contributed by atoms with Gasteiger partial charge in [0.05, 0.1) is 6.61 Å². The van der Waals surface area contributed by atoms with Gasteiger partial charge in [0.25, 0.3) is 0 Å². The molecule has 0 amide bonds. The second-order valence-corrected chi connectivity index (χ2v) is 7.14. The van der Waals surface area contributed by atoms with Crippen molar-refractivity contribution in [3.8, 4) is 11.5 Å². The van der Waals surface area contributed by atoms with Crippen molar-refractivity contribution in [2.75, 3.05) is 11.9 Å². The van der Waals surface area contributed by atoms with Crippen LogP contribution in [-0.2, 0) is 13.2 Å². The molecule has 0 aliphatic heterocycles. The number of anilines is 1. The second-order valence-electron chi connectivity index (χ2n) is 7.14. The summed E-state index contributed by atoms with van der Waals surface area (Å²) in [7, 11) is 0. The highest BCUT2D eigenvalue weighted by Crippen LogP contribution is 2.30. The average molecular weight is 376 g/mol. The lowest BCUT2D eigenvalue weighted by molar-refractivity contribution is 0.269. The summed E-state index contributed by atoms with van der Waals surface area (Å²) >= 11 is 0. The summed E-state index contributed by atoms with van der Waals surface area (Å²) in [5, 5.41) is 3.49. The Morgan fingerprint density at radius 1 is 0.750 bits per heavy atom. The third-order valence-corrected chi connectivity index (χ3v) is 4.79. The number of nitrogens with one attached hydrogen (secondary N) is 1. The molecule has 3 rings (SSSR count). The van der Waals surface area contributed by atoms with E-state index in [-0.39, 0.29) is 0 Å². The second kappa shape index (κ2) is 9.32. The molecule has 0 unspecified atom stereocenters. The third-order valence-electron chi connectivity index (χ3n) is 4.79. The first kappa shape index (κ1) is 19.8. The van der Waals surface area contributed by atoms with E-state index in [1.54, 1.807) is 0 Å². The van der Waals surface area contributed by atoms with Crippen LogP contribution >= 0.6 is 0 Å². The van der Waals surface area contributed by atoms with Crippen molar-refractivity contribution < 1.29 is 9.47 Å². The first-order valence-electron chi connectivity index (χ1n) is 9.80. The Balaban J connectivity index is 1.68. The number of aryl methyl sites for hydroxylation is 3. The first-order valence-corrected chi connectivity index (χ1v) is 9.80. The van der Waals surface area contributed by atoms with Crippen LogP contribution in [0.4, 0.5) is 5.69 Å². The van der Waals surface area contributed by atoms with Gasteiger partial charge in [0.2, 0.25) is 0 Å². The molecule has 0 aliphatic carbocycles. The summed E-state index contributed by atoms with van der Waals surface area (Å²) in [4.78, 5) is 0. The zero-order chi connectivity index (χ0) is 19.9. The summed E-state index contributed by atoms with van der Waals surface area (Å²) < 4.78 is 11.9. The van der Waals surface area contributed by atoms with Gasteiger partial charge in [-0.3, -0.25) is 0 Å². The molecule has 0 saturated carbocycles. The van der Waals surface area contributed by atoms with E-state index < -0.39 is 0 Å². The van der Waals surface area contributed by atoms with Gasteiger partial charge in [0.1, 0.15) is 6.61 Å². The molecule has 3 nitrogen and oxygen atoms in total. The Kier molecular flexibility index (Phi) is 6.59. The molecule has 0 heterocycles. The van der Waals surface area contributed by atoms with Crippen LogP contribution in [0.3, 0.4) is 0 Å². The van der Waals surface area contributed by atoms with Crippen LogP contribution in [0.5, 0.6) is 11.5 Å². The van der Waals surface area contributed by atoms with Crippen molar-refractivity contribution in [1.29, 1.82) is 0 Å². The Hall–Kier alpha value is -2.94. The molecule has 146 valence electrons. The van der Waals surface area contributed by atoms with E-state index in [1.807, 2.05) is 13.0 Å². The van der Waals surface area contributed by atoms with Gasteiger partial charge in [-0.2, -0.15) is 0 Å². The van der Waals surface area contributed by atoms with Gasteiger partial charge >= 0.3 is 0 Å². The highest BCUT2D eigenvalue weighted by Gasteiger charge is 2.08. The lowest BCUT2D eigenvalue weighted by Gasteiger charge is -2.15. The fraction of sp³-hybridized carbons (Fsp3) is 0.280. The van der Waals surface area contributed by atoms with Crippen LogP contribution in [0.1, 0.15) is 34.7 Å². The molecule has 0 aliphatic rings. The fourth-order valence-electron chi connectivity index (χ4n) is 3.07. The zero-order valence-electron chi connectivity index (χ0n) is 17.2. The van der Waals surface area contributed by atoms with Crippen molar-refractivity contribution in [1.82, 2.24) is 0 Å². The Morgan fingerprint density at radius 2 is 1.61 bits per heavy atom. The summed E-state index contributed by atoms with van der Waals surface area (Å²) in [6.07, 6.45) is 0. The molecule has 28 heavy (non-hydrogen) atoms. The van der Waals surface area contributed by atoms with E-state index in [9.17, 15) is 0 Å². The van der Waals surface area contributed by atoms with Gasteiger partial charge in [0, 0.05) is 12.2 Å². The van der Waals surface area contributed by atoms with Crippen LogP contribution in [0.2, 0.25) is 0 Å². The van der Waals surface area contributed by atoms with Crippen molar-refractivity contribution in [2.24, 2.45) is 0 Å². The fourth-order valence-corrected chi connectivity index (χ4v) is 3.07. The number of ether oxygens (including phenoxy) is 2. The SMILES string of the molecule is CCOc1cc(CNc2ccc(C)c(C)c2)ccc1OCc1cccc(C)c1. The van der Waals surface area contributed by atoms with Gasteiger partial charge in [0.15, 0.2) is 11.5 Å². The molecule has 0 aromatic heterocycles. The molecule has 3 aromatic rings. The largest absolute Gasteiger partial charge is 0.490 e. The molecule has 0 fully saturated rings. The van der Waals surface area contributed by atoms with Crippen molar-refractivity contribution in [3.63, 3.8) is 0 Å². The quantitative estimate of drug-likeness (QED) is 0.508. The summed E-state index contributed by atoms with van der Waals surface area (Å²) in [5.41, 5.74) is 7.27. The topological polar surface area (TPSA) is 30.5 Å². The summed E-state index contributed by atoms with van der Waals surface area (Å²) in [6, 6.07) is 20.9. The van der Waals surface area contributed by atoms with Crippen LogP contribution < -0.4 is 14.8 Å². The Morgan fingerprint density at radius 3 is 2.36 bits per heavy atom. The predicted octanol–water partition coefficient (Wildman–Crippen LogP) is 6.20. The number of rotatable bonds is 8. The third kappa shape index (κ3) is 5.29. The molecule has 0 saturated heterocycles. The van der Waals surface area contributed by atoms with Gasteiger partial charge in [-0.15, -0.1) is 0 Å². The number of benzene rings is 3. The van der Waals surface area contributed by atoms with Crippen LogP contribution in [0, 0.1) is 20.8 Å². The van der Waals surface area contributed by atoms with Crippen molar-refractivity contribution in [3.05, 3.63) is 88.5 Å². The molecule has 0 radical (unpaired) electrons. The van der Waals surface area contributed by atoms with Gasteiger partial charge in [-0.1, -0.05) is 42.0 Å². The molecule has 0 spiro atoms. The maximum atomic E-state index is 6.03. The Labute approximate surface area is 168 Å². The van der Waals surface area contributed by atoms with E-state index in [0.29, 0.717) is 13.2 Å². The highest BCUT2D eigenvalue weighted by atomic mass is 16.5. The normalized spacial score (nSPS) is 10.6. The maximum absolute atomic E-state index is 6.03. The molecule has 0 atom stereocenters. The van der Waals surface area contributed by atoms with E-state index in [0.717, 1.165) is 34.9 Å². The minimum Gasteiger partial charge on any atom is -0.490 e. The van der Waals surface area contributed by atoms with Crippen molar-refractivity contribution in [2.45, 2.75) is 40.8 Å². The van der Waals surface area contributed by atoms with Gasteiger partial charge in [-0.05, 0) is 74.2 Å². The first-order chi connectivity index (χ1) is 13.5. The Bertz CT molecular complexity index is 934. The minimum atomic E-state index is 0.530. The van der Waals surface area contributed by atoms with E-state index in [2.05, 4.69) is 80.7 Å². The molecule has 0 bridgehead atoms. The number of hydrogen-bond acceptors (Lipinski definition) is 3. The van der Waals surface area contributed by atoms with Gasteiger partial charge in [-0.25, -0.2) is 0 Å². The van der Waals surface area contributed by atoms with E-state index >= 15 is 0 Å². The summed E-state index contributed by atoms with van der Waals surface area (Å²) in [6.45, 7) is 10.2. The molecule has 1 N–H and O–H groups in total. The van der Waals surface area contributed by atoms with E-state index in [4.69, 9.17) is 9.47 Å². The molecular formula is C25H29NO2. The lowest BCUT2D eigenvalue weighted by Crippen LogP contribution is -2.03. The monoisotopic (exact) mass is 375 g/mol. The molecule has 3 heteroatoms. The van der Waals surface area contributed by atoms with Crippen molar-refractivity contribution >= 4 is 5.69 Å². The lowest BCUT2D eigenvalue weighted by atomic mass is 10.1. The summed E-state index contributed by atoms with van der Waals surface area (Å²) in [5.74, 6) is 1.56. The standard InChI is InChI=1S/C25H29NO2/c1-5-27-25-15-21(16-26-23-11-9-19(3)20(4)14-23)10-12-24(25)28-17-22-8-6-7-18(2)13-22/h6-15,26H,5,16-17H2,1-4H3. The maximum Gasteiger partial charge on any atom is 0.161 e. The predicted molar refractivity (Wildman–Crippen MR) is 116 cm³/mol. The van der Waals surface area contributed by atoms with Gasteiger partial charge < -0.3 is 14.8 Å². The van der Waals surface area contributed by atoms with Crippen LogP contribution in [0.25, 0.3) is 0 Å². The van der Waals surface area contributed by atoms with Crippen LogP contribution in [-0.4, -0.2) is 6.61 Å². The van der Waals surface area contributed by atoms with Crippen LogP contribution in [0.15, 0.2) is 60.7 Å². The zero-order valence-corrected chi connectivity index (χ0v) is 17.2. The molecular weight excluding hydrogens is 346 g/mol. The number of hydrogen-bond donors (Lipinski definition) is 1. The highest BCUT2D eigenvalue weighted by molar-refractivity contribution is 5.49. The average Bonchev–Trinajstić information content (AvgIpc) is 2.68.